The highest BCUT2D eigenvalue weighted by molar-refractivity contribution is 7.18. The minimum atomic E-state index is 0.705. The molecule has 3 rings (SSSR count). The molecule has 1 aliphatic rings. The van der Waals surface area contributed by atoms with Crippen LogP contribution in [0.1, 0.15) is 24.1 Å². The molecule has 19 heavy (non-hydrogen) atoms. The molecule has 2 aromatic heterocycles. The molecule has 3 heterocycles. The summed E-state index contributed by atoms with van der Waals surface area (Å²) in [5, 5.41) is 1.21. The smallest absolute Gasteiger partial charge is 0.140 e. The Kier molecular flexibility index (Phi) is 3.89. The van der Waals surface area contributed by atoms with Gasteiger partial charge in [0.15, 0.2) is 0 Å². The lowest BCUT2D eigenvalue weighted by molar-refractivity contribution is 0.405. The van der Waals surface area contributed by atoms with E-state index in [1.807, 2.05) is 0 Å². The molecule has 1 aliphatic heterocycles. The van der Waals surface area contributed by atoms with Crippen LogP contribution in [0.5, 0.6) is 0 Å². The number of nitrogens with zero attached hydrogens (tertiary/aromatic N) is 3. The van der Waals surface area contributed by atoms with E-state index < -0.39 is 0 Å². The van der Waals surface area contributed by atoms with E-state index in [4.69, 9.17) is 11.6 Å². The normalized spacial score (nSPS) is 20.1. The fourth-order valence-corrected chi connectivity index (χ4v) is 4.01. The Bertz CT molecular complexity index is 567. The molecule has 1 unspecified atom stereocenters. The maximum atomic E-state index is 5.88. The molecule has 0 spiro atoms. The van der Waals surface area contributed by atoms with Crippen LogP contribution in [0, 0.1) is 12.8 Å². The molecule has 0 bridgehead atoms. The SMILES string of the molecule is Cc1cc2c(N3CCCC(CCCl)C3)ncnc2s1. The molecule has 1 saturated heterocycles. The third kappa shape index (κ3) is 2.70. The molecular formula is C14H18ClN3S. The Morgan fingerprint density at radius 1 is 1.47 bits per heavy atom. The number of aromatic nitrogens is 2. The second-order valence-corrected chi connectivity index (χ2v) is 6.82. The third-order valence-electron chi connectivity index (χ3n) is 3.77. The van der Waals surface area contributed by atoms with Gasteiger partial charge in [0.2, 0.25) is 0 Å². The van der Waals surface area contributed by atoms with Crippen molar-refractivity contribution in [3.8, 4) is 0 Å². The predicted octanol–water partition coefficient (Wildman–Crippen LogP) is 3.85. The van der Waals surface area contributed by atoms with E-state index in [1.54, 1.807) is 17.7 Å². The van der Waals surface area contributed by atoms with Crippen molar-refractivity contribution < 1.29 is 0 Å². The van der Waals surface area contributed by atoms with Gasteiger partial charge in [0.05, 0.1) is 5.39 Å². The largest absolute Gasteiger partial charge is 0.356 e. The van der Waals surface area contributed by atoms with Crippen LogP contribution in [0.25, 0.3) is 10.2 Å². The van der Waals surface area contributed by atoms with Gasteiger partial charge in [-0.1, -0.05) is 0 Å². The van der Waals surface area contributed by atoms with Crippen LogP contribution in [0.4, 0.5) is 5.82 Å². The molecule has 2 aromatic rings. The highest BCUT2D eigenvalue weighted by atomic mass is 35.5. The quantitative estimate of drug-likeness (QED) is 0.806. The molecule has 0 saturated carbocycles. The van der Waals surface area contributed by atoms with E-state index in [-0.39, 0.29) is 0 Å². The minimum Gasteiger partial charge on any atom is -0.356 e. The summed E-state index contributed by atoms with van der Waals surface area (Å²) >= 11 is 7.63. The van der Waals surface area contributed by atoms with Gasteiger partial charge in [0.25, 0.3) is 0 Å². The van der Waals surface area contributed by atoms with E-state index in [9.17, 15) is 0 Å². The average molecular weight is 296 g/mol. The zero-order valence-corrected chi connectivity index (χ0v) is 12.7. The third-order valence-corrected chi connectivity index (χ3v) is 4.94. The molecule has 102 valence electrons. The van der Waals surface area contributed by atoms with E-state index in [0.717, 1.165) is 36.0 Å². The first kappa shape index (κ1) is 13.1. The van der Waals surface area contributed by atoms with E-state index in [0.29, 0.717) is 5.92 Å². The Morgan fingerprint density at radius 2 is 2.37 bits per heavy atom. The van der Waals surface area contributed by atoms with Crippen LogP contribution in [-0.4, -0.2) is 28.9 Å². The number of hydrogen-bond donors (Lipinski definition) is 0. The van der Waals surface area contributed by atoms with Gasteiger partial charge in [0.1, 0.15) is 17.0 Å². The van der Waals surface area contributed by atoms with Gasteiger partial charge in [-0.05, 0) is 38.2 Å². The molecular weight excluding hydrogens is 278 g/mol. The van der Waals surface area contributed by atoms with Gasteiger partial charge in [-0.15, -0.1) is 22.9 Å². The zero-order valence-electron chi connectivity index (χ0n) is 11.1. The van der Waals surface area contributed by atoms with Gasteiger partial charge >= 0.3 is 0 Å². The molecule has 0 N–H and O–H groups in total. The van der Waals surface area contributed by atoms with Gasteiger partial charge in [-0.3, -0.25) is 0 Å². The first-order valence-electron chi connectivity index (χ1n) is 6.80. The summed E-state index contributed by atoms with van der Waals surface area (Å²) in [4.78, 5) is 13.7. The number of aryl methyl sites for hydroxylation is 1. The second kappa shape index (κ2) is 5.63. The topological polar surface area (TPSA) is 29.0 Å². The first-order chi connectivity index (χ1) is 9.28. The fourth-order valence-electron chi connectivity index (χ4n) is 2.86. The second-order valence-electron chi connectivity index (χ2n) is 5.21. The van der Waals surface area contributed by atoms with Gasteiger partial charge in [0, 0.05) is 23.8 Å². The molecule has 0 aliphatic carbocycles. The standard InChI is InChI=1S/C14H18ClN3S/c1-10-7-12-13(16-9-17-14(12)19-10)18-6-2-3-11(8-18)4-5-15/h7,9,11H,2-6,8H2,1H3. The summed E-state index contributed by atoms with van der Waals surface area (Å²) < 4.78 is 0. The Morgan fingerprint density at radius 3 is 3.21 bits per heavy atom. The van der Waals surface area contributed by atoms with E-state index >= 15 is 0 Å². The molecule has 3 nitrogen and oxygen atoms in total. The molecule has 1 fully saturated rings. The Labute approximate surface area is 122 Å². The molecule has 0 aromatic carbocycles. The van der Waals surface area contributed by atoms with Crippen molar-refractivity contribution in [2.75, 3.05) is 23.9 Å². The van der Waals surface area contributed by atoms with Crippen LogP contribution in [0.2, 0.25) is 0 Å². The van der Waals surface area contributed by atoms with Crippen molar-refractivity contribution in [1.82, 2.24) is 9.97 Å². The summed E-state index contributed by atoms with van der Waals surface area (Å²) in [6.07, 6.45) is 5.32. The number of thiophene rings is 1. The van der Waals surface area contributed by atoms with Crippen LogP contribution < -0.4 is 4.90 Å². The maximum absolute atomic E-state index is 5.88. The summed E-state index contributed by atoms with van der Waals surface area (Å²) in [5.41, 5.74) is 0. The van der Waals surface area contributed by atoms with E-state index in [1.165, 1.54) is 23.1 Å². The highest BCUT2D eigenvalue weighted by Crippen LogP contribution is 2.32. The number of fused-ring (bicyclic) bond motifs is 1. The summed E-state index contributed by atoms with van der Waals surface area (Å²) in [7, 11) is 0. The summed E-state index contributed by atoms with van der Waals surface area (Å²) in [5.74, 6) is 2.57. The van der Waals surface area contributed by atoms with Crippen molar-refractivity contribution in [2.45, 2.75) is 26.2 Å². The number of rotatable bonds is 3. The number of piperidine rings is 1. The average Bonchev–Trinajstić information content (AvgIpc) is 2.79. The lowest BCUT2D eigenvalue weighted by Gasteiger charge is -2.33. The van der Waals surface area contributed by atoms with Crippen molar-refractivity contribution in [2.24, 2.45) is 5.92 Å². The lowest BCUT2D eigenvalue weighted by atomic mass is 9.95. The van der Waals surface area contributed by atoms with Crippen LogP contribution in [0.3, 0.4) is 0 Å². The Balaban J connectivity index is 1.90. The van der Waals surface area contributed by atoms with Crippen LogP contribution >= 0.6 is 22.9 Å². The van der Waals surface area contributed by atoms with Gasteiger partial charge in [-0.2, -0.15) is 0 Å². The monoisotopic (exact) mass is 295 g/mol. The number of anilines is 1. The van der Waals surface area contributed by atoms with Gasteiger partial charge in [-0.25, -0.2) is 9.97 Å². The molecule has 1 atom stereocenters. The molecule has 0 amide bonds. The maximum Gasteiger partial charge on any atom is 0.140 e. The molecule has 5 heteroatoms. The minimum absolute atomic E-state index is 0.705. The first-order valence-corrected chi connectivity index (χ1v) is 8.15. The van der Waals surface area contributed by atoms with Crippen molar-refractivity contribution >= 4 is 39.0 Å². The number of alkyl halides is 1. The zero-order chi connectivity index (χ0) is 13.2. The number of halogens is 1. The lowest BCUT2D eigenvalue weighted by Crippen LogP contribution is -2.36. The van der Waals surface area contributed by atoms with Crippen molar-refractivity contribution in [3.05, 3.63) is 17.3 Å². The summed E-state index contributed by atoms with van der Waals surface area (Å²) in [6.45, 7) is 4.30. The van der Waals surface area contributed by atoms with Crippen LogP contribution in [0.15, 0.2) is 12.4 Å². The predicted molar refractivity (Wildman–Crippen MR) is 82.4 cm³/mol. The molecule has 0 radical (unpaired) electrons. The summed E-state index contributed by atoms with van der Waals surface area (Å²) in [6, 6.07) is 2.21. The van der Waals surface area contributed by atoms with Crippen LogP contribution in [-0.2, 0) is 0 Å². The highest BCUT2D eigenvalue weighted by Gasteiger charge is 2.22. The van der Waals surface area contributed by atoms with Crippen molar-refractivity contribution in [1.29, 1.82) is 0 Å². The number of hydrogen-bond acceptors (Lipinski definition) is 4. The van der Waals surface area contributed by atoms with Crippen molar-refractivity contribution in [3.63, 3.8) is 0 Å². The fraction of sp³-hybridized carbons (Fsp3) is 0.571. The van der Waals surface area contributed by atoms with E-state index in [2.05, 4.69) is 27.9 Å². The Hall–Kier alpha value is -0.870. The van der Waals surface area contributed by atoms with Gasteiger partial charge < -0.3 is 4.90 Å².